The maximum atomic E-state index is 7.33. The van der Waals surface area contributed by atoms with Crippen molar-refractivity contribution in [1.29, 1.82) is 0 Å². The fourth-order valence-corrected chi connectivity index (χ4v) is 3.28. The van der Waals surface area contributed by atoms with Gasteiger partial charge in [0.1, 0.15) is 0 Å². The van der Waals surface area contributed by atoms with E-state index < -0.39 is 0 Å². The van der Waals surface area contributed by atoms with Gasteiger partial charge in [-0.25, -0.2) is 0 Å². The van der Waals surface area contributed by atoms with E-state index in [1.165, 1.54) is 16.7 Å². The number of hydrogen-bond acceptors (Lipinski definition) is 2. The van der Waals surface area contributed by atoms with Gasteiger partial charge in [-0.05, 0) is 35.9 Å². The van der Waals surface area contributed by atoms with Crippen LogP contribution in [0.25, 0.3) is 5.57 Å². The van der Waals surface area contributed by atoms with Crippen LogP contribution in [0.3, 0.4) is 0 Å². The molecule has 0 saturated carbocycles. The van der Waals surface area contributed by atoms with Crippen molar-refractivity contribution in [3.05, 3.63) is 140 Å². The lowest BCUT2D eigenvalue weighted by Gasteiger charge is -2.27. The minimum Gasteiger partial charge on any atom is -0.516 e. The quantitative estimate of drug-likeness (QED) is 0.423. The van der Waals surface area contributed by atoms with E-state index in [0.717, 1.165) is 11.8 Å². The number of allylic oxidation sites excluding steroid dienone is 10. The molecule has 1 aromatic carbocycles. The van der Waals surface area contributed by atoms with Crippen molar-refractivity contribution in [1.82, 2.24) is 5.32 Å². The standard InChI is InChI=1S/C18H17N.C8H10.C2H4O/c1-14-13-16(15-7-3-2-4-8-15)11-12-19-18-10-6-5-9-17(14)18;1-7(2)8-5-3-4-6-8;1-2-3/h2-13,17-19H,1H2;3-6,8H,1H2,2H3;2-3H,1H2/b12-11-,16-13+;;. The summed E-state index contributed by atoms with van der Waals surface area (Å²) in [5.74, 6) is 0.837. The molecule has 2 N–H and O–H groups in total. The summed E-state index contributed by atoms with van der Waals surface area (Å²) in [6, 6.07) is 10.7. The van der Waals surface area contributed by atoms with Crippen molar-refractivity contribution in [2.75, 3.05) is 0 Å². The first kappa shape index (κ1) is 22.8. The van der Waals surface area contributed by atoms with Crippen LogP contribution >= 0.6 is 0 Å². The third kappa shape index (κ3) is 6.82. The second-order valence-corrected chi connectivity index (χ2v) is 7.19. The Kier molecular flexibility index (Phi) is 9.20. The van der Waals surface area contributed by atoms with Crippen molar-refractivity contribution < 1.29 is 5.11 Å². The number of aliphatic hydroxyl groups excluding tert-OH is 1. The average molecular weight is 398 g/mol. The van der Waals surface area contributed by atoms with E-state index in [-0.39, 0.29) is 0 Å². The van der Waals surface area contributed by atoms with E-state index in [1.807, 2.05) is 19.2 Å². The van der Waals surface area contributed by atoms with Crippen LogP contribution in [0.15, 0.2) is 134 Å². The number of aliphatic hydroxyl groups is 1. The first-order valence-corrected chi connectivity index (χ1v) is 10.1. The molecule has 2 heteroatoms. The molecular weight excluding hydrogens is 366 g/mol. The van der Waals surface area contributed by atoms with Gasteiger partial charge in [-0.1, -0.05) is 110 Å². The van der Waals surface area contributed by atoms with Gasteiger partial charge < -0.3 is 10.4 Å². The van der Waals surface area contributed by atoms with E-state index >= 15 is 0 Å². The van der Waals surface area contributed by atoms with Gasteiger partial charge in [-0.2, -0.15) is 0 Å². The van der Waals surface area contributed by atoms with E-state index in [0.29, 0.717) is 17.9 Å². The van der Waals surface area contributed by atoms with Crippen molar-refractivity contribution in [3.63, 3.8) is 0 Å². The highest BCUT2D eigenvalue weighted by Gasteiger charge is 2.20. The normalized spacial score (nSPS) is 23.8. The van der Waals surface area contributed by atoms with Crippen LogP contribution < -0.4 is 5.32 Å². The van der Waals surface area contributed by atoms with Crippen LogP contribution in [-0.4, -0.2) is 11.1 Å². The SMILES string of the molecule is C=C(C)C1C=CC=C1.C=C1/C=C(c2ccccc2)\C=C/NC2C=CC=CC12.C=CO. The predicted molar refractivity (Wildman–Crippen MR) is 131 cm³/mol. The van der Waals surface area contributed by atoms with Crippen LogP contribution in [0.5, 0.6) is 0 Å². The zero-order chi connectivity index (χ0) is 21.8. The fraction of sp³-hybridized carbons (Fsp3) is 0.143. The van der Waals surface area contributed by atoms with Gasteiger partial charge in [0.2, 0.25) is 0 Å². The van der Waals surface area contributed by atoms with Crippen molar-refractivity contribution in [2.45, 2.75) is 13.0 Å². The molecule has 154 valence electrons. The highest BCUT2D eigenvalue weighted by atomic mass is 16.2. The molecule has 2 nitrogen and oxygen atoms in total. The maximum Gasteiger partial charge on any atom is 0.0719 e. The molecule has 0 saturated heterocycles. The predicted octanol–water partition coefficient (Wildman–Crippen LogP) is 6.85. The third-order valence-corrected chi connectivity index (χ3v) is 4.88. The summed E-state index contributed by atoms with van der Waals surface area (Å²) >= 11 is 0. The zero-order valence-corrected chi connectivity index (χ0v) is 17.6. The molecule has 0 aromatic heterocycles. The highest BCUT2D eigenvalue weighted by molar-refractivity contribution is 5.76. The van der Waals surface area contributed by atoms with E-state index in [1.54, 1.807) is 0 Å². The molecule has 0 amide bonds. The highest BCUT2D eigenvalue weighted by Crippen LogP contribution is 2.27. The molecule has 4 rings (SSSR count). The Morgan fingerprint density at radius 2 is 1.60 bits per heavy atom. The van der Waals surface area contributed by atoms with Crippen LogP contribution in [0, 0.1) is 11.8 Å². The minimum atomic E-state index is 0.308. The third-order valence-electron chi connectivity index (χ3n) is 4.88. The van der Waals surface area contributed by atoms with Gasteiger partial charge in [0.25, 0.3) is 0 Å². The molecule has 2 aliphatic carbocycles. The molecule has 30 heavy (non-hydrogen) atoms. The lowest BCUT2D eigenvalue weighted by Crippen LogP contribution is -2.32. The Morgan fingerprint density at radius 1 is 1.00 bits per heavy atom. The number of benzene rings is 1. The zero-order valence-electron chi connectivity index (χ0n) is 17.6. The molecule has 2 atom stereocenters. The van der Waals surface area contributed by atoms with Crippen molar-refractivity contribution >= 4 is 5.57 Å². The summed E-state index contributed by atoms with van der Waals surface area (Å²) < 4.78 is 0. The van der Waals surface area contributed by atoms with E-state index in [4.69, 9.17) is 5.11 Å². The van der Waals surface area contributed by atoms with E-state index in [9.17, 15) is 0 Å². The van der Waals surface area contributed by atoms with E-state index in [2.05, 4.69) is 110 Å². The Labute approximate surface area is 181 Å². The number of fused-ring (bicyclic) bond motifs is 1. The summed E-state index contributed by atoms with van der Waals surface area (Å²) in [6.07, 6.45) is 24.0. The summed E-state index contributed by atoms with van der Waals surface area (Å²) in [7, 11) is 0. The Hall–Kier alpha value is -3.52. The molecule has 2 unspecified atom stereocenters. The van der Waals surface area contributed by atoms with Gasteiger partial charge in [0.05, 0.1) is 12.3 Å². The molecule has 3 aliphatic rings. The molecule has 0 fully saturated rings. The molecule has 0 bridgehead atoms. The first-order chi connectivity index (χ1) is 14.6. The Morgan fingerprint density at radius 3 is 2.20 bits per heavy atom. The molecule has 1 heterocycles. The second-order valence-electron chi connectivity index (χ2n) is 7.19. The van der Waals surface area contributed by atoms with Gasteiger partial charge >= 0.3 is 0 Å². The van der Waals surface area contributed by atoms with Crippen LogP contribution in [-0.2, 0) is 0 Å². The summed E-state index contributed by atoms with van der Waals surface area (Å²) in [5, 5.41) is 10.8. The largest absolute Gasteiger partial charge is 0.516 e. The summed E-state index contributed by atoms with van der Waals surface area (Å²) in [4.78, 5) is 0. The van der Waals surface area contributed by atoms with Gasteiger partial charge in [0.15, 0.2) is 0 Å². The van der Waals surface area contributed by atoms with Crippen LogP contribution in [0.1, 0.15) is 12.5 Å². The lowest BCUT2D eigenvalue weighted by atomic mass is 9.86. The fourth-order valence-electron chi connectivity index (χ4n) is 3.28. The van der Waals surface area contributed by atoms with Crippen LogP contribution in [0.4, 0.5) is 0 Å². The summed E-state index contributed by atoms with van der Waals surface area (Å²) in [5.41, 5.74) is 4.77. The summed E-state index contributed by atoms with van der Waals surface area (Å²) in [6.45, 7) is 13.0. The number of hydrogen-bond donors (Lipinski definition) is 2. The van der Waals surface area contributed by atoms with Crippen molar-refractivity contribution in [3.8, 4) is 0 Å². The van der Waals surface area contributed by atoms with Crippen LogP contribution in [0.2, 0.25) is 0 Å². The minimum absolute atomic E-state index is 0.308. The van der Waals surface area contributed by atoms with Crippen molar-refractivity contribution in [2.24, 2.45) is 11.8 Å². The van der Waals surface area contributed by atoms with Gasteiger partial charge in [0, 0.05) is 11.8 Å². The maximum absolute atomic E-state index is 7.33. The molecule has 0 radical (unpaired) electrons. The monoisotopic (exact) mass is 397 g/mol. The average Bonchev–Trinajstić information content (AvgIpc) is 3.29. The Balaban J connectivity index is 0.000000243. The number of nitrogens with one attached hydrogen (secondary N) is 1. The second kappa shape index (κ2) is 12.1. The van der Waals surface area contributed by atoms with Gasteiger partial charge in [-0.3, -0.25) is 0 Å². The number of rotatable bonds is 2. The van der Waals surface area contributed by atoms with Gasteiger partial charge in [-0.15, -0.1) is 0 Å². The first-order valence-electron chi connectivity index (χ1n) is 10.1. The molecule has 1 aromatic rings. The molecular formula is C28H31NO. The lowest BCUT2D eigenvalue weighted by molar-refractivity contribution is 0.476. The topological polar surface area (TPSA) is 32.3 Å². The molecule has 1 aliphatic heterocycles. The smallest absolute Gasteiger partial charge is 0.0719 e. The molecule has 0 spiro atoms. The Bertz CT molecular complexity index is 897.